The van der Waals surface area contributed by atoms with Gasteiger partial charge in [-0.15, -0.1) is 0 Å². The quantitative estimate of drug-likeness (QED) is 0.208. The fourth-order valence-electron chi connectivity index (χ4n) is 3.90. The van der Waals surface area contributed by atoms with Gasteiger partial charge in [0.15, 0.2) is 11.6 Å². The van der Waals surface area contributed by atoms with Crippen molar-refractivity contribution < 1.29 is 19.1 Å². The Morgan fingerprint density at radius 1 is 0.875 bits per heavy atom. The molecule has 4 aromatic rings. The molecule has 32 heavy (non-hydrogen) atoms. The fraction of sp³-hybridized carbons (Fsp3) is 0.115. The zero-order valence-corrected chi connectivity index (χ0v) is 18.6. The van der Waals surface area contributed by atoms with Crippen LogP contribution in [0.4, 0.5) is 0 Å². The number of carbonyl (C=O) groups excluding carboxylic acids is 3. The third kappa shape index (κ3) is 3.83. The number of ether oxygens (including phenoxy) is 1. The highest BCUT2D eigenvalue weighted by Gasteiger charge is 2.23. The van der Waals surface area contributed by atoms with Crippen LogP contribution >= 0.6 is 11.6 Å². The number of esters is 1. The number of aromatic nitrogens is 1. The van der Waals surface area contributed by atoms with Crippen molar-refractivity contribution in [1.82, 2.24) is 4.57 Å². The Balaban J connectivity index is 1.95. The summed E-state index contributed by atoms with van der Waals surface area (Å²) in [5, 5.41) is 1.19. The molecule has 160 valence electrons. The van der Waals surface area contributed by atoms with E-state index in [0.29, 0.717) is 27.1 Å². The van der Waals surface area contributed by atoms with Crippen molar-refractivity contribution in [3.05, 3.63) is 94.1 Å². The van der Waals surface area contributed by atoms with Crippen molar-refractivity contribution in [2.75, 3.05) is 0 Å². The minimum atomic E-state index is -0.578. The van der Waals surface area contributed by atoms with E-state index < -0.39 is 5.97 Å². The zero-order valence-electron chi connectivity index (χ0n) is 17.8. The van der Waals surface area contributed by atoms with Crippen LogP contribution in [0.25, 0.3) is 16.6 Å². The molecule has 6 heteroatoms. The molecule has 1 aromatic heterocycles. The summed E-state index contributed by atoms with van der Waals surface area (Å²) in [6.45, 7) is 4.74. The van der Waals surface area contributed by atoms with Crippen LogP contribution < -0.4 is 4.74 Å². The summed E-state index contributed by atoms with van der Waals surface area (Å²) in [7, 11) is 0. The number of ketones is 2. The molecule has 0 aliphatic heterocycles. The number of nitrogens with zero attached hydrogens (tertiary/aromatic N) is 1. The Morgan fingerprint density at radius 3 is 2.12 bits per heavy atom. The molecule has 0 radical (unpaired) electrons. The van der Waals surface area contributed by atoms with Gasteiger partial charge in [-0.3, -0.25) is 9.59 Å². The van der Waals surface area contributed by atoms with E-state index in [2.05, 4.69) is 0 Å². The van der Waals surface area contributed by atoms with Crippen LogP contribution in [0.3, 0.4) is 0 Å². The van der Waals surface area contributed by atoms with E-state index in [9.17, 15) is 14.4 Å². The molecule has 0 fully saturated rings. The van der Waals surface area contributed by atoms with Gasteiger partial charge in [0.1, 0.15) is 5.75 Å². The van der Waals surface area contributed by atoms with Crippen molar-refractivity contribution in [1.29, 1.82) is 0 Å². The maximum absolute atomic E-state index is 12.7. The Kier molecular flexibility index (Phi) is 5.68. The second-order valence-electron chi connectivity index (χ2n) is 7.51. The van der Waals surface area contributed by atoms with Crippen LogP contribution in [0.15, 0.2) is 66.7 Å². The maximum atomic E-state index is 12.7. The topological polar surface area (TPSA) is 65.4 Å². The number of fused-ring (bicyclic) bond motifs is 1. The normalized spacial score (nSPS) is 10.9. The highest BCUT2D eigenvalue weighted by Crippen LogP contribution is 2.35. The molecule has 0 spiro atoms. The SMILES string of the molecule is CC(=O)c1cc2c(cc1OC(=O)c1ccccc1)c(C(C)=O)c(C)n2-c1ccc(Cl)cc1. The Hall–Kier alpha value is -3.70. The van der Waals surface area contributed by atoms with Gasteiger partial charge in [-0.25, -0.2) is 4.79 Å². The predicted octanol–water partition coefficient (Wildman–Crippen LogP) is 6.22. The van der Waals surface area contributed by atoms with Gasteiger partial charge in [-0.1, -0.05) is 29.8 Å². The second-order valence-corrected chi connectivity index (χ2v) is 7.94. The van der Waals surface area contributed by atoms with Crippen LogP contribution in [-0.4, -0.2) is 22.1 Å². The van der Waals surface area contributed by atoms with Gasteiger partial charge in [0.25, 0.3) is 0 Å². The summed E-state index contributed by atoms with van der Waals surface area (Å²) < 4.78 is 7.51. The van der Waals surface area contributed by atoms with Crippen LogP contribution in [0.1, 0.15) is 50.6 Å². The summed E-state index contributed by atoms with van der Waals surface area (Å²) in [5.41, 5.74) is 3.30. The Morgan fingerprint density at radius 2 is 1.53 bits per heavy atom. The molecule has 0 unspecified atom stereocenters. The average molecular weight is 446 g/mol. The zero-order chi connectivity index (χ0) is 23.0. The molecular weight excluding hydrogens is 426 g/mol. The molecule has 0 aliphatic rings. The largest absolute Gasteiger partial charge is 0.422 e. The first-order chi connectivity index (χ1) is 15.3. The van der Waals surface area contributed by atoms with E-state index in [0.717, 1.165) is 11.4 Å². The van der Waals surface area contributed by atoms with Crippen LogP contribution in [-0.2, 0) is 0 Å². The molecular formula is C26H20ClNO4. The van der Waals surface area contributed by atoms with Crippen molar-refractivity contribution in [3.8, 4) is 11.4 Å². The van der Waals surface area contributed by atoms with Gasteiger partial charge < -0.3 is 9.30 Å². The lowest BCUT2D eigenvalue weighted by Gasteiger charge is -2.12. The van der Waals surface area contributed by atoms with Gasteiger partial charge in [-0.2, -0.15) is 0 Å². The van der Waals surface area contributed by atoms with Crippen molar-refractivity contribution in [3.63, 3.8) is 0 Å². The summed E-state index contributed by atoms with van der Waals surface area (Å²) in [5.74, 6) is -0.843. The minimum absolute atomic E-state index is 0.120. The van der Waals surface area contributed by atoms with Gasteiger partial charge in [-0.05, 0) is 69.3 Å². The van der Waals surface area contributed by atoms with Crippen molar-refractivity contribution in [2.24, 2.45) is 0 Å². The van der Waals surface area contributed by atoms with E-state index in [4.69, 9.17) is 16.3 Å². The molecule has 0 saturated carbocycles. The smallest absolute Gasteiger partial charge is 0.343 e. The first kappa shape index (κ1) is 21.5. The third-order valence-corrected chi connectivity index (χ3v) is 5.59. The molecule has 0 N–H and O–H groups in total. The van der Waals surface area contributed by atoms with Crippen LogP contribution in [0.5, 0.6) is 5.75 Å². The molecule has 3 aromatic carbocycles. The predicted molar refractivity (Wildman–Crippen MR) is 124 cm³/mol. The molecule has 0 atom stereocenters. The first-order valence-corrected chi connectivity index (χ1v) is 10.4. The highest BCUT2D eigenvalue weighted by molar-refractivity contribution is 6.30. The van der Waals surface area contributed by atoms with E-state index in [1.165, 1.54) is 13.8 Å². The van der Waals surface area contributed by atoms with Gasteiger partial charge in [0.05, 0.1) is 16.6 Å². The van der Waals surface area contributed by atoms with E-state index in [1.807, 2.05) is 23.6 Å². The summed E-state index contributed by atoms with van der Waals surface area (Å²) in [6.07, 6.45) is 0. The molecule has 0 saturated heterocycles. The minimum Gasteiger partial charge on any atom is -0.422 e. The van der Waals surface area contributed by atoms with Gasteiger partial charge >= 0.3 is 5.97 Å². The first-order valence-electron chi connectivity index (χ1n) is 10.0. The second kappa shape index (κ2) is 8.44. The fourth-order valence-corrected chi connectivity index (χ4v) is 4.03. The summed E-state index contributed by atoms with van der Waals surface area (Å²) in [4.78, 5) is 37.7. The van der Waals surface area contributed by atoms with Crippen molar-refractivity contribution in [2.45, 2.75) is 20.8 Å². The third-order valence-electron chi connectivity index (χ3n) is 5.33. The molecule has 0 aliphatic carbocycles. The molecule has 0 amide bonds. The maximum Gasteiger partial charge on any atom is 0.343 e. The molecule has 0 bridgehead atoms. The lowest BCUT2D eigenvalue weighted by atomic mass is 10.0. The summed E-state index contributed by atoms with van der Waals surface area (Å²) >= 11 is 6.04. The van der Waals surface area contributed by atoms with Gasteiger partial charge in [0.2, 0.25) is 0 Å². The lowest BCUT2D eigenvalue weighted by molar-refractivity contribution is 0.0733. The van der Waals surface area contributed by atoms with Crippen molar-refractivity contribution >= 4 is 40.0 Å². The highest BCUT2D eigenvalue weighted by atomic mass is 35.5. The number of hydrogen-bond donors (Lipinski definition) is 0. The molecule has 4 rings (SSSR count). The molecule has 5 nitrogen and oxygen atoms in total. The Labute approximate surface area is 190 Å². The number of carbonyl (C=O) groups is 3. The number of Topliss-reactive ketones (excluding diaryl/α,β-unsaturated/α-hetero) is 2. The summed E-state index contributed by atoms with van der Waals surface area (Å²) in [6, 6.07) is 19.0. The monoisotopic (exact) mass is 445 g/mol. The van der Waals surface area contributed by atoms with Gasteiger partial charge in [0, 0.05) is 27.4 Å². The van der Waals surface area contributed by atoms with E-state index >= 15 is 0 Å². The number of hydrogen-bond acceptors (Lipinski definition) is 4. The number of halogens is 1. The van der Waals surface area contributed by atoms with E-state index in [1.54, 1.807) is 54.6 Å². The molecule has 1 heterocycles. The lowest BCUT2D eigenvalue weighted by Crippen LogP contribution is -2.11. The number of rotatable bonds is 5. The Bertz CT molecular complexity index is 1370. The number of benzene rings is 3. The van der Waals surface area contributed by atoms with E-state index in [-0.39, 0.29) is 22.9 Å². The standard InChI is InChI=1S/C26H20ClNO4/c1-15-25(17(3)30)22-14-24(32-26(31)18-7-5-4-6-8-18)21(16(2)29)13-23(22)28(15)20-11-9-19(27)10-12-20/h4-14H,1-3H3. The average Bonchev–Trinajstić information content (AvgIpc) is 3.05. The van der Waals surface area contributed by atoms with Crippen LogP contribution in [0, 0.1) is 6.92 Å². The van der Waals surface area contributed by atoms with Crippen LogP contribution in [0.2, 0.25) is 5.02 Å².